The summed E-state index contributed by atoms with van der Waals surface area (Å²) in [7, 11) is 0. The van der Waals surface area contributed by atoms with E-state index in [0.717, 1.165) is 13.0 Å². The third-order valence-electron chi connectivity index (χ3n) is 8.77. The molecule has 0 aromatic heterocycles. The second-order valence-corrected chi connectivity index (χ2v) is 18.9. The fourth-order valence-electron chi connectivity index (χ4n) is 4.39. The lowest BCUT2D eigenvalue weighted by atomic mass is 9.82. The molecule has 0 fully saturated rings. The van der Waals surface area contributed by atoms with E-state index in [0.29, 0.717) is 111 Å². The first-order chi connectivity index (χ1) is 28.5. The van der Waals surface area contributed by atoms with E-state index in [9.17, 15) is 33.6 Å². The van der Waals surface area contributed by atoms with Crippen molar-refractivity contribution in [1.82, 2.24) is 10.6 Å². The van der Waals surface area contributed by atoms with Gasteiger partial charge in [-0.2, -0.15) is 0 Å². The predicted molar refractivity (Wildman–Crippen MR) is 247 cm³/mol. The maximum Gasteiger partial charge on any atom is 0.219 e. The van der Waals surface area contributed by atoms with Crippen LogP contribution in [0.25, 0.3) is 0 Å². The number of Topliss-reactive ketones (excluding diaryl/α,β-unsaturated/α-hetero) is 5. The van der Waals surface area contributed by atoms with E-state index in [4.69, 9.17) is 23.7 Å². The molecule has 0 saturated heterocycles. The Hall–Kier alpha value is -2.91. The molecule has 366 valence electrons. The van der Waals surface area contributed by atoms with Crippen molar-refractivity contribution in [2.24, 2.45) is 27.6 Å². The van der Waals surface area contributed by atoms with Crippen molar-refractivity contribution >= 4 is 40.7 Å². The van der Waals surface area contributed by atoms with Crippen LogP contribution < -0.4 is 10.6 Å². The van der Waals surface area contributed by atoms with E-state index in [2.05, 4.69) is 17.6 Å². The lowest BCUT2D eigenvalue weighted by Crippen LogP contribution is -2.31. The fourth-order valence-corrected chi connectivity index (χ4v) is 4.39. The molecule has 0 aromatic rings. The number of carbonyl (C=O) groups is 7. The lowest BCUT2D eigenvalue weighted by Gasteiger charge is -2.20. The molecule has 0 aromatic carbocycles. The van der Waals surface area contributed by atoms with Gasteiger partial charge in [0, 0.05) is 79.9 Å². The molecular formula is C48H92N2O12. The van der Waals surface area contributed by atoms with E-state index < -0.39 is 11.3 Å². The number of nitrogens with one attached hydrogen (secondary N) is 2. The summed E-state index contributed by atoms with van der Waals surface area (Å²) in [5, 5.41) is 5.39. The van der Waals surface area contributed by atoms with E-state index in [1.165, 1.54) is 0 Å². The molecule has 1 unspecified atom stereocenters. The van der Waals surface area contributed by atoms with Crippen LogP contribution in [0.5, 0.6) is 0 Å². The van der Waals surface area contributed by atoms with E-state index in [-0.39, 0.29) is 57.0 Å². The van der Waals surface area contributed by atoms with Crippen LogP contribution >= 0.6 is 0 Å². The van der Waals surface area contributed by atoms with Gasteiger partial charge in [-0.05, 0) is 13.3 Å². The van der Waals surface area contributed by atoms with Gasteiger partial charge in [0.2, 0.25) is 11.8 Å². The van der Waals surface area contributed by atoms with Gasteiger partial charge in [0.25, 0.3) is 0 Å². The van der Waals surface area contributed by atoms with Crippen molar-refractivity contribution in [1.29, 1.82) is 0 Å². The first-order valence-corrected chi connectivity index (χ1v) is 22.6. The van der Waals surface area contributed by atoms with Gasteiger partial charge in [0.05, 0.1) is 65.4 Å². The Morgan fingerprint density at radius 3 is 1.05 bits per heavy atom. The Balaban J connectivity index is -0.000000368. The van der Waals surface area contributed by atoms with Crippen LogP contribution in [0.1, 0.15) is 163 Å². The highest BCUT2D eigenvalue weighted by Gasteiger charge is 2.30. The Morgan fingerprint density at radius 1 is 0.403 bits per heavy atom. The summed E-state index contributed by atoms with van der Waals surface area (Å²) < 4.78 is 26.5. The van der Waals surface area contributed by atoms with Crippen LogP contribution in [0, 0.1) is 27.6 Å². The highest BCUT2D eigenvalue weighted by Crippen LogP contribution is 2.21. The van der Waals surface area contributed by atoms with Crippen LogP contribution in [-0.2, 0) is 57.2 Å². The molecule has 1 atom stereocenters. The highest BCUT2D eigenvalue weighted by molar-refractivity contribution is 6.03. The van der Waals surface area contributed by atoms with E-state index in [1.807, 2.05) is 90.0 Å². The van der Waals surface area contributed by atoms with Crippen LogP contribution in [0.2, 0.25) is 0 Å². The monoisotopic (exact) mass is 889 g/mol. The smallest absolute Gasteiger partial charge is 0.219 e. The minimum Gasteiger partial charge on any atom is -0.379 e. The van der Waals surface area contributed by atoms with Gasteiger partial charge in [0.15, 0.2) is 0 Å². The second kappa shape index (κ2) is 37.5. The van der Waals surface area contributed by atoms with Crippen molar-refractivity contribution in [2.75, 3.05) is 79.2 Å². The topological polar surface area (TPSA) is 190 Å². The van der Waals surface area contributed by atoms with Crippen molar-refractivity contribution in [2.45, 2.75) is 163 Å². The molecule has 0 saturated carbocycles. The van der Waals surface area contributed by atoms with E-state index in [1.54, 1.807) is 20.8 Å². The fraction of sp³-hybridized carbons (Fsp3) is 0.854. The summed E-state index contributed by atoms with van der Waals surface area (Å²) in [6.45, 7) is 38.3. The average molecular weight is 889 g/mol. The molecule has 0 heterocycles. The van der Waals surface area contributed by atoms with Gasteiger partial charge in [-0.25, -0.2) is 0 Å². The minimum atomic E-state index is -0.435. The average Bonchev–Trinajstić information content (AvgIpc) is 3.18. The van der Waals surface area contributed by atoms with Crippen molar-refractivity contribution in [3.63, 3.8) is 0 Å². The summed E-state index contributed by atoms with van der Waals surface area (Å²) in [6, 6.07) is 0. The van der Waals surface area contributed by atoms with Crippen LogP contribution in [-0.4, -0.2) is 120 Å². The maximum atomic E-state index is 11.6. The molecule has 0 bridgehead atoms. The molecule has 0 aliphatic heterocycles. The zero-order valence-corrected chi connectivity index (χ0v) is 42.4. The van der Waals surface area contributed by atoms with Gasteiger partial charge in [-0.3, -0.25) is 33.6 Å². The van der Waals surface area contributed by atoms with Crippen molar-refractivity contribution in [3.8, 4) is 0 Å². The molecule has 0 aliphatic carbocycles. The molecule has 0 radical (unpaired) electrons. The first kappa shape index (κ1) is 65.7. The van der Waals surface area contributed by atoms with E-state index >= 15 is 0 Å². The number of carbonyl (C=O) groups excluding carboxylic acids is 7. The lowest BCUT2D eigenvalue weighted by molar-refractivity contribution is -0.137. The van der Waals surface area contributed by atoms with Crippen molar-refractivity contribution < 1.29 is 57.2 Å². The third-order valence-corrected chi connectivity index (χ3v) is 8.77. The summed E-state index contributed by atoms with van der Waals surface area (Å²) in [4.78, 5) is 79.0. The molecule has 0 spiro atoms. The number of amides is 2. The van der Waals surface area contributed by atoms with Crippen LogP contribution in [0.4, 0.5) is 0 Å². The largest absolute Gasteiger partial charge is 0.379 e. The van der Waals surface area contributed by atoms with Gasteiger partial charge in [-0.1, -0.05) is 111 Å². The number of rotatable bonds is 28. The molecule has 14 nitrogen and oxygen atoms in total. The molecular weight excluding hydrogens is 797 g/mol. The van der Waals surface area contributed by atoms with Gasteiger partial charge in [0.1, 0.15) is 28.9 Å². The van der Waals surface area contributed by atoms with Gasteiger partial charge < -0.3 is 34.3 Å². The SMILES string of the molecule is CCC(=O)C(C)C(=O)C(C)(C)C.CCC(=O)NCCC(=O)C(C)(C)C.CCC(=O)NCCOCCOCCC(=O)C(C)(C)C.CCCOCCOCCOCCC(=O)C(C)(C)C. The molecule has 0 aliphatic rings. The summed E-state index contributed by atoms with van der Waals surface area (Å²) >= 11 is 0. The normalized spacial score (nSPS) is 12.0. The standard InChI is InChI=1S/C14H27NO4.C14H28O4.C10H19NO2.C10H18O2/c1-5-13(17)15-7-9-19-11-10-18-8-6-12(16)14(2,3)4;1-5-7-16-9-11-18-12-10-17-8-6-13(15)14(2,3)4;1-5-9(13)11-7-6-8(12)10(2,3)4;1-6-8(11)7(2)9(12)10(3,4)5/h5-11H2,1-4H3,(H,15,17);5-12H2,1-4H3;5-7H2,1-4H3,(H,11,13);7H,6H2,1-5H3. The Bertz CT molecular complexity index is 1240. The second-order valence-electron chi connectivity index (χ2n) is 18.9. The Kier molecular flexibility index (Phi) is 39.7. The third kappa shape index (κ3) is 42.4. The summed E-state index contributed by atoms with van der Waals surface area (Å²) in [6.07, 6.45) is 3.79. The van der Waals surface area contributed by atoms with Gasteiger partial charge >= 0.3 is 0 Å². The van der Waals surface area contributed by atoms with Gasteiger partial charge in [-0.15, -0.1) is 0 Å². The molecule has 2 amide bonds. The molecule has 62 heavy (non-hydrogen) atoms. The predicted octanol–water partition coefficient (Wildman–Crippen LogP) is 7.74. The zero-order valence-electron chi connectivity index (χ0n) is 42.4. The first-order valence-electron chi connectivity index (χ1n) is 22.6. The maximum absolute atomic E-state index is 11.6. The number of ketones is 5. The Morgan fingerprint density at radius 2 is 0.726 bits per heavy atom. The summed E-state index contributed by atoms with van der Waals surface area (Å²) in [5.41, 5.74) is -1.25. The van der Waals surface area contributed by atoms with Crippen LogP contribution in [0.3, 0.4) is 0 Å². The number of hydrogen-bond donors (Lipinski definition) is 2. The van der Waals surface area contributed by atoms with Crippen LogP contribution in [0.15, 0.2) is 0 Å². The highest BCUT2D eigenvalue weighted by atomic mass is 16.5. The van der Waals surface area contributed by atoms with Crippen molar-refractivity contribution in [3.05, 3.63) is 0 Å². The Labute approximate surface area is 377 Å². The molecule has 2 N–H and O–H groups in total. The number of hydrogen-bond acceptors (Lipinski definition) is 12. The quantitative estimate of drug-likeness (QED) is 0.0575. The number of ether oxygens (including phenoxy) is 5. The minimum absolute atomic E-state index is 0.00158. The molecule has 14 heteroatoms. The molecule has 0 rings (SSSR count). The summed E-state index contributed by atoms with van der Waals surface area (Å²) in [5.74, 6) is 0.289. The zero-order chi connectivity index (χ0) is 49.0.